The van der Waals surface area contributed by atoms with Gasteiger partial charge in [0.15, 0.2) is 0 Å². The Kier molecular flexibility index (Phi) is 3.97. The summed E-state index contributed by atoms with van der Waals surface area (Å²) in [5.74, 6) is 0. The maximum absolute atomic E-state index is 4.46. The van der Waals surface area contributed by atoms with Crippen LogP contribution < -0.4 is 5.32 Å². The zero-order chi connectivity index (χ0) is 14.7. The van der Waals surface area contributed by atoms with Crippen LogP contribution >= 0.6 is 0 Å². The molecule has 3 aromatic rings. The largest absolute Gasteiger partial charge is 0.305 e. The summed E-state index contributed by atoms with van der Waals surface area (Å²) in [6.45, 7) is 3.14. The van der Waals surface area contributed by atoms with Crippen LogP contribution in [0.15, 0.2) is 48.8 Å². The van der Waals surface area contributed by atoms with Crippen molar-refractivity contribution in [2.75, 3.05) is 6.54 Å². The molecule has 1 N–H and O–H groups in total. The van der Waals surface area contributed by atoms with Gasteiger partial charge < -0.3 is 5.32 Å². The number of hydrogen-bond acceptors (Lipinski definition) is 3. The number of aromatic nitrogens is 3. The lowest BCUT2D eigenvalue weighted by Crippen LogP contribution is -2.25. The summed E-state index contributed by atoms with van der Waals surface area (Å²) < 4.78 is 1.93. The molecule has 1 aromatic carbocycles. The van der Waals surface area contributed by atoms with E-state index in [0.717, 1.165) is 18.5 Å². The highest BCUT2D eigenvalue weighted by atomic mass is 15.3. The Morgan fingerprint density at radius 1 is 1.14 bits per heavy atom. The van der Waals surface area contributed by atoms with E-state index in [4.69, 9.17) is 0 Å². The number of fused-ring (bicyclic) bond motifs is 1. The van der Waals surface area contributed by atoms with Gasteiger partial charge in [0.2, 0.25) is 0 Å². The molecule has 3 rings (SSSR count). The number of nitrogens with one attached hydrogen (secondary N) is 1. The Balaban J connectivity index is 2.12. The molecule has 0 aliphatic carbocycles. The number of rotatable bonds is 5. The van der Waals surface area contributed by atoms with Crippen molar-refractivity contribution in [3.63, 3.8) is 0 Å². The van der Waals surface area contributed by atoms with Gasteiger partial charge in [-0.05, 0) is 36.7 Å². The number of benzene rings is 1. The standard InChI is InChI=1S/C17H20N4/c1-3-10-19-17(16-9-12-20-21(16)2)14-6-4-8-15-13(14)7-5-11-18-15/h4-9,11-12,17,19H,3,10H2,1-2H3. The van der Waals surface area contributed by atoms with Crippen LogP contribution in [0, 0.1) is 0 Å². The van der Waals surface area contributed by atoms with E-state index in [1.807, 2.05) is 30.2 Å². The Hall–Kier alpha value is -2.20. The second-order valence-corrected chi connectivity index (χ2v) is 5.18. The molecule has 2 heterocycles. The van der Waals surface area contributed by atoms with Crippen LogP contribution in [0.4, 0.5) is 0 Å². The molecule has 0 radical (unpaired) electrons. The quantitative estimate of drug-likeness (QED) is 0.781. The molecule has 0 spiro atoms. The third kappa shape index (κ3) is 2.67. The summed E-state index contributed by atoms with van der Waals surface area (Å²) in [5, 5.41) is 9.13. The Morgan fingerprint density at radius 3 is 2.81 bits per heavy atom. The highest BCUT2D eigenvalue weighted by Gasteiger charge is 2.18. The maximum atomic E-state index is 4.46. The third-order valence-electron chi connectivity index (χ3n) is 3.74. The fourth-order valence-electron chi connectivity index (χ4n) is 2.71. The van der Waals surface area contributed by atoms with Crippen LogP contribution in [0.5, 0.6) is 0 Å². The molecule has 0 fully saturated rings. The van der Waals surface area contributed by atoms with Gasteiger partial charge in [-0.2, -0.15) is 5.10 Å². The predicted octanol–water partition coefficient (Wildman–Crippen LogP) is 3.06. The number of nitrogens with zero attached hydrogens (tertiary/aromatic N) is 3. The van der Waals surface area contributed by atoms with Crippen LogP contribution in [0.2, 0.25) is 0 Å². The van der Waals surface area contributed by atoms with E-state index < -0.39 is 0 Å². The van der Waals surface area contributed by atoms with Crippen molar-refractivity contribution in [3.8, 4) is 0 Å². The maximum Gasteiger partial charge on any atom is 0.0754 e. The van der Waals surface area contributed by atoms with Crippen molar-refractivity contribution >= 4 is 10.9 Å². The molecule has 2 aromatic heterocycles. The average Bonchev–Trinajstić information content (AvgIpc) is 2.94. The summed E-state index contributed by atoms with van der Waals surface area (Å²) in [5.41, 5.74) is 3.44. The number of pyridine rings is 1. The van der Waals surface area contributed by atoms with Gasteiger partial charge in [-0.3, -0.25) is 9.67 Å². The van der Waals surface area contributed by atoms with Crippen molar-refractivity contribution in [1.29, 1.82) is 0 Å². The van der Waals surface area contributed by atoms with E-state index in [0.29, 0.717) is 0 Å². The molecule has 4 heteroatoms. The van der Waals surface area contributed by atoms with Crippen molar-refractivity contribution in [2.24, 2.45) is 7.05 Å². The minimum absolute atomic E-state index is 0.130. The van der Waals surface area contributed by atoms with Crippen LogP contribution in [0.1, 0.15) is 30.6 Å². The lowest BCUT2D eigenvalue weighted by molar-refractivity contribution is 0.556. The molecule has 0 aliphatic heterocycles. The fourth-order valence-corrected chi connectivity index (χ4v) is 2.71. The number of hydrogen-bond donors (Lipinski definition) is 1. The minimum atomic E-state index is 0.130. The van der Waals surface area contributed by atoms with Gasteiger partial charge in [0, 0.05) is 24.8 Å². The van der Waals surface area contributed by atoms with E-state index in [1.54, 1.807) is 0 Å². The van der Waals surface area contributed by atoms with E-state index in [9.17, 15) is 0 Å². The zero-order valence-electron chi connectivity index (χ0n) is 12.5. The fraction of sp³-hybridized carbons (Fsp3) is 0.294. The van der Waals surface area contributed by atoms with Gasteiger partial charge in [-0.1, -0.05) is 25.1 Å². The van der Waals surface area contributed by atoms with E-state index >= 15 is 0 Å². The average molecular weight is 280 g/mol. The normalized spacial score (nSPS) is 12.7. The van der Waals surface area contributed by atoms with Gasteiger partial charge in [0.1, 0.15) is 0 Å². The summed E-state index contributed by atoms with van der Waals surface area (Å²) >= 11 is 0. The predicted molar refractivity (Wildman–Crippen MR) is 85.1 cm³/mol. The molecule has 0 aliphatic rings. The van der Waals surface area contributed by atoms with Crippen LogP contribution in [0.25, 0.3) is 10.9 Å². The zero-order valence-corrected chi connectivity index (χ0v) is 12.5. The molecular weight excluding hydrogens is 260 g/mol. The molecule has 0 bridgehead atoms. The molecule has 4 nitrogen and oxygen atoms in total. The number of aryl methyl sites for hydroxylation is 1. The first-order chi connectivity index (χ1) is 10.3. The van der Waals surface area contributed by atoms with Gasteiger partial charge in [-0.25, -0.2) is 0 Å². The van der Waals surface area contributed by atoms with Crippen molar-refractivity contribution in [3.05, 3.63) is 60.0 Å². The molecule has 1 atom stereocenters. The van der Waals surface area contributed by atoms with Gasteiger partial charge in [-0.15, -0.1) is 0 Å². The van der Waals surface area contributed by atoms with Gasteiger partial charge in [0.05, 0.1) is 17.3 Å². The van der Waals surface area contributed by atoms with Crippen LogP contribution in [0.3, 0.4) is 0 Å². The van der Waals surface area contributed by atoms with E-state index in [-0.39, 0.29) is 6.04 Å². The molecule has 1 unspecified atom stereocenters. The molecule has 0 saturated heterocycles. The van der Waals surface area contributed by atoms with Crippen molar-refractivity contribution in [1.82, 2.24) is 20.1 Å². The van der Waals surface area contributed by atoms with Crippen molar-refractivity contribution < 1.29 is 0 Å². The van der Waals surface area contributed by atoms with E-state index in [1.165, 1.54) is 16.6 Å². The third-order valence-corrected chi connectivity index (χ3v) is 3.74. The first kappa shape index (κ1) is 13.8. The Bertz CT molecular complexity index is 727. The molecule has 0 amide bonds. The van der Waals surface area contributed by atoms with Gasteiger partial charge >= 0.3 is 0 Å². The first-order valence-electron chi connectivity index (χ1n) is 7.36. The van der Waals surface area contributed by atoms with E-state index in [2.05, 4.69) is 52.7 Å². The second-order valence-electron chi connectivity index (χ2n) is 5.18. The highest BCUT2D eigenvalue weighted by molar-refractivity contribution is 5.82. The minimum Gasteiger partial charge on any atom is -0.305 e. The van der Waals surface area contributed by atoms with Crippen LogP contribution in [-0.2, 0) is 7.05 Å². The Labute approximate surface area is 124 Å². The monoisotopic (exact) mass is 280 g/mol. The summed E-state index contributed by atoms with van der Waals surface area (Å²) in [4.78, 5) is 4.46. The first-order valence-corrected chi connectivity index (χ1v) is 7.36. The molecular formula is C17H20N4. The lowest BCUT2D eigenvalue weighted by Gasteiger charge is -2.21. The topological polar surface area (TPSA) is 42.7 Å². The van der Waals surface area contributed by atoms with Crippen LogP contribution in [-0.4, -0.2) is 21.3 Å². The summed E-state index contributed by atoms with van der Waals surface area (Å²) in [7, 11) is 1.99. The molecule has 21 heavy (non-hydrogen) atoms. The second kappa shape index (κ2) is 6.06. The molecule has 108 valence electrons. The highest BCUT2D eigenvalue weighted by Crippen LogP contribution is 2.27. The molecule has 0 saturated carbocycles. The lowest BCUT2D eigenvalue weighted by atomic mass is 9.98. The van der Waals surface area contributed by atoms with Crippen molar-refractivity contribution in [2.45, 2.75) is 19.4 Å². The summed E-state index contributed by atoms with van der Waals surface area (Å²) in [6.07, 6.45) is 4.78. The summed E-state index contributed by atoms with van der Waals surface area (Å²) in [6, 6.07) is 12.6. The van der Waals surface area contributed by atoms with Gasteiger partial charge in [0.25, 0.3) is 0 Å². The smallest absolute Gasteiger partial charge is 0.0754 e. The SMILES string of the molecule is CCCNC(c1cccc2ncccc12)c1ccnn1C. The Morgan fingerprint density at radius 2 is 2.05 bits per heavy atom.